The first-order valence-corrected chi connectivity index (χ1v) is 5.05. The van der Waals surface area contributed by atoms with Crippen molar-refractivity contribution in [3.63, 3.8) is 0 Å². The average Bonchev–Trinajstić information content (AvgIpc) is 2.66. The first kappa shape index (κ1) is 9.24. The molecule has 1 aromatic rings. The standard InChI is InChI=1S/C10H15N3O/c1-6-8(11)12-9(13-10(6)14)7-4-2-3-5-7/h7H,2-5H2,1H3,(H3,11,12,13,14). The Morgan fingerprint density at radius 3 is 2.64 bits per heavy atom. The van der Waals surface area contributed by atoms with Crippen LogP contribution in [0, 0.1) is 6.92 Å². The predicted molar refractivity (Wildman–Crippen MR) is 55.2 cm³/mol. The summed E-state index contributed by atoms with van der Waals surface area (Å²) in [6, 6.07) is 0. The number of aromatic nitrogens is 2. The van der Waals surface area contributed by atoms with Gasteiger partial charge in [0.15, 0.2) is 0 Å². The fourth-order valence-corrected chi connectivity index (χ4v) is 1.96. The van der Waals surface area contributed by atoms with Gasteiger partial charge >= 0.3 is 0 Å². The van der Waals surface area contributed by atoms with E-state index in [2.05, 4.69) is 9.97 Å². The van der Waals surface area contributed by atoms with Crippen LogP contribution in [-0.2, 0) is 0 Å². The van der Waals surface area contributed by atoms with E-state index in [1.807, 2.05) is 0 Å². The van der Waals surface area contributed by atoms with Gasteiger partial charge in [0.2, 0.25) is 0 Å². The van der Waals surface area contributed by atoms with Crippen molar-refractivity contribution >= 4 is 5.82 Å². The molecule has 1 aliphatic carbocycles. The molecule has 0 amide bonds. The van der Waals surface area contributed by atoms with Crippen molar-refractivity contribution in [3.8, 4) is 0 Å². The number of rotatable bonds is 1. The summed E-state index contributed by atoms with van der Waals surface area (Å²) in [6.45, 7) is 1.69. The minimum atomic E-state index is -0.0978. The van der Waals surface area contributed by atoms with Crippen LogP contribution in [0.5, 0.6) is 0 Å². The van der Waals surface area contributed by atoms with Crippen LogP contribution >= 0.6 is 0 Å². The number of nitrogens with two attached hydrogens (primary N) is 1. The Balaban J connectivity index is 2.39. The summed E-state index contributed by atoms with van der Waals surface area (Å²) in [6.07, 6.45) is 4.68. The third-order valence-electron chi connectivity index (χ3n) is 2.95. The van der Waals surface area contributed by atoms with Gasteiger partial charge in [-0.1, -0.05) is 12.8 Å². The Bertz CT molecular complexity index is 391. The van der Waals surface area contributed by atoms with E-state index in [-0.39, 0.29) is 5.56 Å². The van der Waals surface area contributed by atoms with Crippen LogP contribution in [0.25, 0.3) is 0 Å². The van der Waals surface area contributed by atoms with E-state index < -0.39 is 0 Å². The topological polar surface area (TPSA) is 71.8 Å². The zero-order valence-electron chi connectivity index (χ0n) is 8.34. The fourth-order valence-electron chi connectivity index (χ4n) is 1.96. The molecule has 0 radical (unpaired) electrons. The Labute approximate surface area is 82.6 Å². The highest BCUT2D eigenvalue weighted by Gasteiger charge is 2.20. The number of nitrogens with one attached hydrogen (secondary N) is 1. The summed E-state index contributed by atoms with van der Waals surface area (Å²) < 4.78 is 0. The fraction of sp³-hybridized carbons (Fsp3) is 0.600. The van der Waals surface area contributed by atoms with Crippen LogP contribution in [0.3, 0.4) is 0 Å². The van der Waals surface area contributed by atoms with E-state index >= 15 is 0 Å². The molecule has 1 saturated carbocycles. The molecule has 0 spiro atoms. The lowest BCUT2D eigenvalue weighted by Crippen LogP contribution is -2.18. The highest BCUT2D eigenvalue weighted by atomic mass is 16.1. The van der Waals surface area contributed by atoms with Crippen molar-refractivity contribution in [1.82, 2.24) is 9.97 Å². The molecule has 0 atom stereocenters. The van der Waals surface area contributed by atoms with Crippen LogP contribution in [0.15, 0.2) is 4.79 Å². The number of nitrogen functional groups attached to an aromatic ring is 1. The quantitative estimate of drug-likeness (QED) is 0.706. The zero-order valence-corrected chi connectivity index (χ0v) is 8.34. The third kappa shape index (κ3) is 1.52. The summed E-state index contributed by atoms with van der Waals surface area (Å²) in [5.74, 6) is 1.55. The normalized spacial score (nSPS) is 17.5. The van der Waals surface area contributed by atoms with Gasteiger partial charge in [-0.2, -0.15) is 0 Å². The van der Waals surface area contributed by atoms with Crippen molar-refractivity contribution in [1.29, 1.82) is 0 Å². The molecule has 4 nitrogen and oxygen atoms in total. The SMILES string of the molecule is Cc1c(N)nc(C2CCCC2)[nH]c1=O. The summed E-state index contributed by atoms with van der Waals surface area (Å²) >= 11 is 0. The van der Waals surface area contributed by atoms with Crippen molar-refractivity contribution < 1.29 is 0 Å². The summed E-state index contributed by atoms with van der Waals surface area (Å²) in [4.78, 5) is 18.5. The molecule has 1 fully saturated rings. The molecule has 0 aromatic carbocycles. The number of aromatic amines is 1. The molecule has 1 heterocycles. The van der Waals surface area contributed by atoms with E-state index in [9.17, 15) is 4.79 Å². The van der Waals surface area contributed by atoms with Crippen molar-refractivity contribution in [2.24, 2.45) is 0 Å². The molecule has 0 bridgehead atoms. The average molecular weight is 193 g/mol. The molecule has 0 aliphatic heterocycles. The maximum Gasteiger partial charge on any atom is 0.255 e. The van der Waals surface area contributed by atoms with E-state index in [1.54, 1.807) is 6.92 Å². The van der Waals surface area contributed by atoms with Crippen LogP contribution in [-0.4, -0.2) is 9.97 Å². The van der Waals surface area contributed by atoms with Gasteiger partial charge in [0.25, 0.3) is 5.56 Å². The maximum absolute atomic E-state index is 11.4. The maximum atomic E-state index is 11.4. The monoisotopic (exact) mass is 193 g/mol. The van der Waals surface area contributed by atoms with Gasteiger partial charge in [-0.05, 0) is 19.8 Å². The largest absolute Gasteiger partial charge is 0.383 e. The van der Waals surface area contributed by atoms with Gasteiger partial charge < -0.3 is 10.7 Å². The Morgan fingerprint density at radius 1 is 1.43 bits per heavy atom. The first-order valence-electron chi connectivity index (χ1n) is 5.05. The number of anilines is 1. The molecule has 0 unspecified atom stereocenters. The van der Waals surface area contributed by atoms with Crippen molar-refractivity contribution in [2.75, 3.05) is 5.73 Å². The number of H-pyrrole nitrogens is 1. The second-order valence-corrected chi connectivity index (χ2v) is 3.94. The zero-order chi connectivity index (χ0) is 10.1. The van der Waals surface area contributed by atoms with Gasteiger partial charge in [0, 0.05) is 5.92 Å². The smallest absolute Gasteiger partial charge is 0.255 e. The molecular weight excluding hydrogens is 178 g/mol. The van der Waals surface area contributed by atoms with Crippen molar-refractivity contribution in [2.45, 2.75) is 38.5 Å². The number of nitrogens with zero attached hydrogens (tertiary/aromatic N) is 1. The van der Waals surface area contributed by atoms with Crippen LogP contribution in [0.4, 0.5) is 5.82 Å². The molecule has 1 aromatic heterocycles. The minimum absolute atomic E-state index is 0.0978. The second-order valence-electron chi connectivity index (χ2n) is 3.94. The Hall–Kier alpha value is -1.32. The summed E-state index contributed by atoms with van der Waals surface area (Å²) in [7, 11) is 0. The number of hydrogen-bond acceptors (Lipinski definition) is 3. The first-order chi connectivity index (χ1) is 6.68. The molecule has 14 heavy (non-hydrogen) atoms. The highest BCUT2D eigenvalue weighted by molar-refractivity contribution is 5.36. The Kier molecular flexibility index (Phi) is 2.27. The van der Waals surface area contributed by atoms with Gasteiger partial charge in [-0.15, -0.1) is 0 Å². The van der Waals surface area contributed by atoms with Gasteiger partial charge in [-0.3, -0.25) is 4.79 Å². The molecule has 4 heteroatoms. The molecule has 1 aliphatic rings. The van der Waals surface area contributed by atoms with Crippen LogP contribution < -0.4 is 11.3 Å². The predicted octanol–water partition coefficient (Wildman–Crippen LogP) is 1.32. The van der Waals surface area contributed by atoms with E-state index in [1.165, 1.54) is 12.8 Å². The lowest BCUT2D eigenvalue weighted by atomic mass is 10.1. The lowest BCUT2D eigenvalue weighted by Gasteiger charge is -2.09. The van der Waals surface area contributed by atoms with E-state index in [0.29, 0.717) is 17.3 Å². The van der Waals surface area contributed by atoms with Gasteiger partial charge in [-0.25, -0.2) is 4.98 Å². The van der Waals surface area contributed by atoms with Crippen LogP contribution in [0.2, 0.25) is 0 Å². The summed E-state index contributed by atoms with van der Waals surface area (Å²) in [5.41, 5.74) is 6.08. The lowest BCUT2D eigenvalue weighted by molar-refractivity contribution is 0.664. The molecule has 2 rings (SSSR count). The van der Waals surface area contributed by atoms with Crippen LogP contribution in [0.1, 0.15) is 43.0 Å². The van der Waals surface area contributed by atoms with Crippen molar-refractivity contribution in [3.05, 3.63) is 21.7 Å². The van der Waals surface area contributed by atoms with E-state index in [4.69, 9.17) is 5.73 Å². The molecule has 76 valence electrons. The van der Waals surface area contributed by atoms with E-state index in [0.717, 1.165) is 18.7 Å². The van der Waals surface area contributed by atoms with Gasteiger partial charge in [0.05, 0.1) is 5.56 Å². The molecule has 0 saturated heterocycles. The molecular formula is C10H15N3O. The minimum Gasteiger partial charge on any atom is -0.383 e. The Morgan fingerprint density at radius 2 is 2.07 bits per heavy atom. The second kappa shape index (κ2) is 3.44. The third-order valence-corrected chi connectivity index (χ3v) is 2.95. The number of hydrogen-bond donors (Lipinski definition) is 2. The van der Waals surface area contributed by atoms with Gasteiger partial charge in [0.1, 0.15) is 11.6 Å². The summed E-state index contributed by atoms with van der Waals surface area (Å²) in [5, 5.41) is 0. The molecule has 3 N–H and O–H groups in total. The highest BCUT2D eigenvalue weighted by Crippen LogP contribution is 2.31.